The summed E-state index contributed by atoms with van der Waals surface area (Å²) in [5, 5.41) is 10.8. The molecule has 0 saturated carbocycles. The van der Waals surface area contributed by atoms with E-state index >= 15 is 0 Å². The van der Waals surface area contributed by atoms with Crippen LogP contribution in [0.15, 0.2) is 17.5 Å². The third-order valence-electron chi connectivity index (χ3n) is 1.41. The minimum Gasteiger partial charge on any atom is -0.394 e. The van der Waals surface area contributed by atoms with Crippen LogP contribution in [0.25, 0.3) is 0 Å². The Bertz CT molecular complexity index is 193. The van der Waals surface area contributed by atoms with E-state index in [1.807, 2.05) is 24.4 Å². The number of nitrogens with two attached hydrogens (primary N) is 1. The second-order valence-electron chi connectivity index (χ2n) is 2.55. The molecule has 0 fully saturated rings. The summed E-state index contributed by atoms with van der Waals surface area (Å²) >= 11 is 1.57. The van der Waals surface area contributed by atoms with Crippen LogP contribution in [0.4, 0.5) is 0 Å². The lowest BCUT2D eigenvalue weighted by Crippen LogP contribution is -2.35. The first kappa shape index (κ1) is 7.72. The first-order valence-electron chi connectivity index (χ1n) is 3.10. The number of hydrogen-bond donors (Lipinski definition) is 2. The van der Waals surface area contributed by atoms with Gasteiger partial charge in [-0.15, -0.1) is 11.3 Å². The van der Waals surface area contributed by atoms with Crippen LogP contribution in [-0.4, -0.2) is 11.7 Å². The molecule has 1 rings (SSSR count). The average Bonchev–Trinajstić information content (AvgIpc) is 2.38. The lowest BCUT2D eigenvalue weighted by Gasteiger charge is -2.19. The predicted octanol–water partition coefficient (Wildman–Crippen LogP) is 0.914. The summed E-state index contributed by atoms with van der Waals surface area (Å²) in [6.45, 7) is 1.81. The van der Waals surface area contributed by atoms with Gasteiger partial charge < -0.3 is 10.8 Å². The van der Waals surface area contributed by atoms with Crippen molar-refractivity contribution in [3.05, 3.63) is 22.4 Å². The highest BCUT2D eigenvalue weighted by Gasteiger charge is 2.20. The van der Waals surface area contributed by atoms with Crippen LogP contribution in [-0.2, 0) is 5.54 Å². The predicted molar refractivity (Wildman–Crippen MR) is 42.9 cm³/mol. The van der Waals surface area contributed by atoms with Gasteiger partial charge in [0.15, 0.2) is 0 Å². The standard InChI is InChI=1S/C7H11NOS/c1-7(8,5-9)6-3-2-4-10-6/h2-4,9H,5,8H2,1H3/t7-/m1/s1. The number of aliphatic hydroxyl groups is 1. The molecule has 0 radical (unpaired) electrons. The molecule has 0 aliphatic heterocycles. The zero-order valence-electron chi connectivity index (χ0n) is 5.87. The third kappa shape index (κ3) is 1.37. The van der Waals surface area contributed by atoms with Crippen LogP contribution < -0.4 is 5.73 Å². The number of aliphatic hydroxyl groups excluding tert-OH is 1. The molecular weight excluding hydrogens is 146 g/mol. The van der Waals surface area contributed by atoms with Gasteiger partial charge in [0, 0.05) is 4.88 Å². The van der Waals surface area contributed by atoms with Crippen molar-refractivity contribution in [3.8, 4) is 0 Å². The first-order valence-corrected chi connectivity index (χ1v) is 3.98. The number of hydrogen-bond acceptors (Lipinski definition) is 3. The van der Waals surface area contributed by atoms with Gasteiger partial charge >= 0.3 is 0 Å². The van der Waals surface area contributed by atoms with E-state index in [4.69, 9.17) is 10.8 Å². The molecule has 3 N–H and O–H groups in total. The molecule has 1 aromatic rings. The fourth-order valence-corrected chi connectivity index (χ4v) is 1.48. The minimum absolute atomic E-state index is 0.00644. The summed E-state index contributed by atoms with van der Waals surface area (Å²) in [5.41, 5.74) is 5.18. The van der Waals surface area contributed by atoms with Crippen molar-refractivity contribution in [1.29, 1.82) is 0 Å². The lowest BCUT2D eigenvalue weighted by molar-refractivity contribution is 0.212. The minimum atomic E-state index is -0.561. The maximum atomic E-state index is 8.85. The van der Waals surface area contributed by atoms with E-state index in [2.05, 4.69) is 0 Å². The van der Waals surface area contributed by atoms with Crippen molar-refractivity contribution in [3.63, 3.8) is 0 Å². The second kappa shape index (κ2) is 2.70. The SMILES string of the molecule is C[C@@](N)(CO)c1cccs1. The molecule has 1 atom stereocenters. The summed E-state index contributed by atoms with van der Waals surface area (Å²) in [5.74, 6) is 0. The van der Waals surface area contributed by atoms with Crippen LogP contribution >= 0.6 is 11.3 Å². The van der Waals surface area contributed by atoms with Gasteiger partial charge in [-0.2, -0.15) is 0 Å². The van der Waals surface area contributed by atoms with Gasteiger partial charge in [-0.3, -0.25) is 0 Å². The Hall–Kier alpha value is -0.380. The molecular formula is C7H11NOS. The van der Waals surface area contributed by atoms with E-state index in [-0.39, 0.29) is 6.61 Å². The fraction of sp³-hybridized carbons (Fsp3) is 0.429. The maximum Gasteiger partial charge on any atom is 0.0709 e. The molecule has 1 heterocycles. The first-order chi connectivity index (χ1) is 4.67. The Labute approximate surface area is 64.3 Å². The van der Waals surface area contributed by atoms with Gasteiger partial charge in [0.2, 0.25) is 0 Å². The van der Waals surface area contributed by atoms with Gasteiger partial charge in [0.25, 0.3) is 0 Å². The molecule has 0 aliphatic carbocycles. The topological polar surface area (TPSA) is 46.2 Å². The van der Waals surface area contributed by atoms with Crippen molar-refractivity contribution < 1.29 is 5.11 Å². The number of rotatable bonds is 2. The molecule has 2 nitrogen and oxygen atoms in total. The van der Waals surface area contributed by atoms with E-state index in [0.29, 0.717) is 0 Å². The molecule has 56 valence electrons. The Kier molecular flexibility index (Phi) is 2.08. The van der Waals surface area contributed by atoms with Crippen molar-refractivity contribution in [2.45, 2.75) is 12.5 Å². The quantitative estimate of drug-likeness (QED) is 0.670. The summed E-state index contributed by atoms with van der Waals surface area (Å²) in [6, 6.07) is 3.86. The van der Waals surface area contributed by atoms with Crippen LogP contribution in [0.2, 0.25) is 0 Å². The zero-order chi connectivity index (χ0) is 7.61. The molecule has 3 heteroatoms. The highest BCUT2D eigenvalue weighted by Crippen LogP contribution is 2.21. The number of thiophene rings is 1. The monoisotopic (exact) mass is 157 g/mol. The van der Waals surface area contributed by atoms with Crippen molar-refractivity contribution in [2.24, 2.45) is 5.73 Å². The highest BCUT2D eigenvalue weighted by atomic mass is 32.1. The molecule has 0 unspecified atom stereocenters. The van der Waals surface area contributed by atoms with Gasteiger partial charge in [-0.05, 0) is 18.4 Å². The van der Waals surface area contributed by atoms with Crippen LogP contribution in [0.3, 0.4) is 0 Å². The maximum absolute atomic E-state index is 8.85. The Morgan fingerprint density at radius 1 is 1.80 bits per heavy atom. The van der Waals surface area contributed by atoms with Gasteiger partial charge in [-0.1, -0.05) is 6.07 Å². The van der Waals surface area contributed by atoms with Crippen LogP contribution in [0.5, 0.6) is 0 Å². The van der Waals surface area contributed by atoms with E-state index in [1.54, 1.807) is 11.3 Å². The van der Waals surface area contributed by atoms with E-state index in [1.165, 1.54) is 0 Å². The van der Waals surface area contributed by atoms with Crippen molar-refractivity contribution in [2.75, 3.05) is 6.61 Å². The summed E-state index contributed by atoms with van der Waals surface area (Å²) in [4.78, 5) is 1.02. The summed E-state index contributed by atoms with van der Waals surface area (Å²) < 4.78 is 0. The van der Waals surface area contributed by atoms with Gasteiger partial charge in [-0.25, -0.2) is 0 Å². The Morgan fingerprint density at radius 3 is 2.90 bits per heavy atom. The van der Waals surface area contributed by atoms with Crippen molar-refractivity contribution in [1.82, 2.24) is 0 Å². The molecule has 0 spiro atoms. The average molecular weight is 157 g/mol. The Balaban J connectivity index is 2.85. The molecule has 0 aliphatic rings. The zero-order valence-corrected chi connectivity index (χ0v) is 6.69. The fourth-order valence-electron chi connectivity index (χ4n) is 0.681. The molecule has 1 aromatic heterocycles. The molecule has 0 amide bonds. The lowest BCUT2D eigenvalue weighted by atomic mass is 10.0. The van der Waals surface area contributed by atoms with Gasteiger partial charge in [0.1, 0.15) is 0 Å². The second-order valence-corrected chi connectivity index (χ2v) is 3.50. The van der Waals surface area contributed by atoms with Crippen LogP contribution in [0.1, 0.15) is 11.8 Å². The van der Waals surface area contributed by atoms with E-state index in [0.717, 1.165) is 4.88 Å². The van der Waals surface area contributed by atoms with Crippen molar-refractivity contribution >= 4 is 11.3 Å². The van der Waals surface area contributed by atoms with Crippen LogP contribution in [0, 0.1) is 0 Å². The molecule has 10 heavy (non-hydrogen) atoms. The summed E-state index contributed by atoms with van der Waals surface area (Å²) in [7, 11) is 0. The highest BCUT2D eigenvalue weighted by molar-refractivity contribution is 7.10. The molecule has 0 saturated heterocycles. The molecule has 0 bridgehead atoms. The smallest absolute Gasteiger partial charge is 0.0709 e. The normalized spacial score (nSPS) is 16.7. The Morgan fingerprint density at radius 2 is 2.50 bits per heavy atom. The summed E-state index contributed by atoms with van der Waals surface area (Å²) in [6.07, 6.45) is 0. The molecule has 0 aromatic carbocycles. The van der Waals surface area contributed by atoms with E-state index in [9.17, 15) is 0 Å². The third-order valence-corrected chi connectivity index (χ3v) is 2.56. The van der Waals surface area contributed by atoms with E-state index < -0.39 is 5.54 Å². The van der Waals surface area contributed by atoms with Gasteiger partial charge in [0.05, 0.1) is 12.1 Å². The largest absolute Gasteiger partial charge is 0.394 e.